The Morgan fingerprint density at radius 3 is 1.52 bits per heavy atom. The number of benzene rings is 2. The maximum absolute atomic E-state index is 13.1. The highest BCUT2D eigenvalue weighted by molar-refractivity contribution is 7.91. The molecule has 2 N–H and O–H groups in total. The lowest BCUT2D eigenvalue weighted by Gasteiger charge is -2.14. The van der Waals surface area contributed by atoms with E-state index < -0.39 is 9.84 Å². The first-order valence-corrected chi connectivity index (χ1v) is 10.4. The van der Waals surface area contributed by atoms with E-state index in [9.17, 15) is 8.42 Å². The highest BCUT2D eigenvalue weighted by Gasteiger charge is 2.21. The van der Waals surface area contributed by atoms with Gasteiger partial charge in [-0.1, -0.05) is 13.8 Å². The summed E-state index contributed by atoms with van der Waals surface area (Å²) in [6.07, 6.45) is 1.22. The molecule has 148 valence electrons. The second kappa shape index (κ2) is 9.73. The second-order valence-corrected chi connectivity index (χ2v) is 7.84. The molecule has 0 aliphatic carbocycles. The van der Waals surface area contributed by atoms with Gasteiger partial charge in [-0.25, -0.2) is 8.42 Å². The molecular weight excluding hydrogens is 368 g/mol. The van der Waals surface area contributed by atoms with E-state index in [4.69, 9.17) is 19.7 Å². The first-order valence-electron chi connectivity index (χ1n) is 8.96. The van der Waals surface area contributed by atoms with Gasteiger partial charge in [0.1, 0.15) is 24.7 Å². The fourth-order valence-electron chi connectivity index (χ4n) is 2.73. The highest BCUT2D eigenvalue weighted by Crippen LogP contribution is 2.30. The Morgan fingerprint density at radius 2 is 1.19 bits per heavy atom. The predicted molar refractivity (Wildman–Crippen MR) is 102 cm³/mol. The van der Waals surface area contributed by atoms with Crippen LogP contribution in [0.5, 0.6) is 11.5 Å². The van der Waals surface area contributed by atoms with Crippen molar-refractivity contribution >= 4 is 9.84 Å². The lowest BCUT2D eigenvalue weighted by atomic mass is 10.1. The van der Waals surface area contributed by atoms with Gasteiger partial charge < -0.3 is 19.7 Å². The quantitative estimate of drug-likeness (QED) is 0.643. The number of hydrogen-bond donors (Lipinski definition) is 2. The van der Waals surface area contributed by atoms with Crippen LogP contribution < -0.4 is 9.47 Å². The molecule has 0 radical (unpaired) electrons. The molecule has 6 nitrogen and oxygen atoms in total. The summed E-state index contributed by atoms with van der Waals surface area (Å²) < 4.78 is 37.0. The average molecular weight is 394 g/mol. The zero-order chi connectivity index (χ0) is 19.9. The molecule has 0 aromatic heterocycles. The first kappa shape index (κ1) is 21.2. The van der Waals surface area contributed by atoms with Gasteiger partial charge in [0.05, 0.1) is 23.0 Å². The largest absolute Gasteiger partial charge is 0.491 e. The van der Waals surface area contributed by atoms with Crippen molar-refractivity contribution in [1.29, 1.82) is 0 Å². The Labute approximate surface area is 160 Å². The Balaban J connectivity index is 2.40. The van der Waals surface area contributed by atoms with Crippen molar-refractivity contribution in [2.75, 3.05) is 26.4 Å². The van der Waals surface area contributed by atoms with E-state index in [0.717, 1.165) is 11.1 Å². The Bertz CT molecular complexity index is 795. The van der Waals surface area contributed by atoms with Crippen LogP contribution in [0.4, 0.5) is 0 Å². The lowest BCUT2D eigenvalue weighted by molar-refractivity contribution is 0.200. The molecule has 0 saturated carbocycles. The predicted octanol–water partition coefficient (Wildman–Crippen LogP) is 2.39. The maximum Gasteiger partial charge on any atom is 0.206 e. The molecular formula is C20H26O6S. The molecule has 27 heavy (non-hydrogen) atoms. The topological polar surface area (TPSA) is 93.1 Å². The number of hydrogen-bond acceptors (Lipinski definition) is 6. The zero-order valence-electron chi connectivity index (χ0n) is 15.6. The maximum atomic E-state index is 13.1. The second-order valence-electron chi connectivity index (χ2n) is 5.89. The van der Waals surface area contributed by atoms with Crippen LogP contribution >= 0.6 is 0 Å². The van der Waals surface area contributed by atoms with Crippen molar-refractivity contribution < 1.29 is 28.1 Å². The number of sulfone groups is 1. The number of aliphatic hydroxyl groups excluding tert-OH is 2. The summed E-state index contributed by atoms with van der Waals surface area (Å²) >= 11 is 0. The molecule has 0 unspecified atom stereocenters. The Morgan fingerprint density at radius 1 is 0.778 bits per heavy atom. The molecule has 0 aliphatic rings. The van der Waals surface area contributed by atoms with Crippen molar-refractivity contribution in [3.8, 4) is 11.5 Å². The normalized spacial score (nSPS) is 11.4. The summed E-state index contributed by atoms with van der Waals surface area (Å²) in [6.45, 7) is 3.95. The molecule has 0 fully saturated rings. The molecule has 0 amide bonds. The van der Waals surface area contributed by atoms with Crippen molar-refractivity contribution in [3.05, 3.63) is 47.5 Å². The molecule has 0 heterocycles. The van der Waals surface area contributed by atoms with Crippen LogP contribution in [0.15, 0.2) is 46.2 Å². The third kappa shape index (κ3) is 5.00. The first-order chi connectivity index (χ1) is 13.0. The average Bonchev–Trinajstić information content (AvgIpc) is 2.70. The van der Waals surface area contributed by atoms with E-state index >= 15 is 0 Å². The minimum Gasteiger partial charge on any atom is -0.491 e. The van der Waals surface area contributed by atoms with Gasteiger partial charge in [0.25, 0.3) is 0 Å². The Kier molecular flexibility index (Phi) is 7.65. The summed E-state index contributed by atoms with van der Waals surface area (Å²) in [5.74, 6) is 1.15. The summed E-state index contributed by atoms with van der Waals surface area (Å²) in [5.41, 5.74) is 1.53. The monoisotopic (exact) mass is 394 g/mol. The van der Waals surface area contributed by atoms with Crippen LogP contribution in [0.3, 0.4) is 0 Å². The van der Waals surface area contributed by atoms with Gasteiger partial charge in [-0.15, -0.1) is 0 Å². The third-order valence-electron chi connectivity index (χ3n) is 4.14. The van der Waals surface area contributed by atoms with E-state index in [1.807, 2.05) is 13.8 Å². The summed E-state index contributed by atoms with van der Waals surface area (Å²) in [7, 11) is -3.69. The molecule has 0 spiro atoms. The van der Waals surface area contributed by atoms with E-state index in [-0.39, 0.29) is 36.2 Å². The van der Waals surface area contributed by atoms with Crippen LogP contribution in [0.1, 0.15) is 25.0 Å². The van der Waals surface area contributed by atoms with E-state index in [2.05, 4.69) is 0 Å². The van der Waals surface area contributed by atoms with Crippen molar-refractivity contribution in [3.63, 3.8) is 0 Å². The van der Waals surface area contributed by atoms with Crippen molar-refractivity contribution in [1.82, 2.24) is 0 Å². The molecule has 0 saturated heterocycles. The van der Waals surface area contributed by atoms with E-state index in [1.165, 1.54) is 12.1 Å². The lowest BCUT2D eigenvalue weighted by Crippen LogP contribution is -2.08. The fourth-order valence-corrected chi connectivity index (χ4v) is 4.09. The van der Waals surface area contributed by atoms with Crippen LogP contribution in [-0.4, -0.2) is 45.1 Å². The Hall–Kier alpha value is -2.09. The minimum atomic E-state index is -3.69. The van der Waals surface area contributed by atoms with Crippen LogP contribution in [0.2, 0.25) is 0 Å². The van der Waals surface area contributed by atoms with Gasteiger partial charge in [-0.2, -0.15) is 0 Å². The van der Waals surface area contributed by atoms with Gasteiger partial charge in [0.15, 0.2) is 0 Å². The van der Waals surface area contributed by atoms with Gasteiger partial charge in [-0.3, -0.25) is 0 Å². The molecule has 2 aromatic rings. The number of aryl methyl sites for hydroxylation is 2. The molecule has 0 bridgehead atoms. The van der Waals surface area contributed by atoms with Gasteiger partial charge in [0, 0.05) is 0 Å². The van der Waals surface area contributed by atoms with Crippen LogP contribution in [0, 0.1) is 0 Å². The van der Waals surface area contributed by atoms with Crippen molar-refractivity contribution in [2.45, 2.75) is 36.5 Å². The summed E-state index contributed by atoms with van der Waals surface area (Å²) in [4.78, 5) is 0.392. The zero-order valence-corrected chi connectivity index (χ0v) is 16.5. The smallest absolute Gasteiger partial charge is 0.206 e. The van der Waals surface area contributed by atoms with Gasteiger partial charge in [-0.05, 0) is 60.4 Å². The third-order valence-corrected chi connectivity index (χ3v) is 5.89. The molecule has 0 atom stereocenters. The van der Waals surface area contributed by atoms with Gasteiger partial charge in [0.2, 0.25) is 9.84 Å². The molecule has 7 heteroatoms. The summed E-state index contributed by atoms with van der Waals surface area (Å²) in [5, 5.41) is 17.8. The van der Waals surface area contributed by atoms with E-state index in [0.29, 0.717) is 24.3 Å². The van der Waals surface area contributed by atoms with Crippen LogP contribution in [-0.2, 0) is 22.7 Å². The highest BCUT2D eigenvalue weighted by atomic mass is 32.2. The standard InChI is InChI=1S/C20H26O6S/c1-3-15-13-17(5-7-19(15)25-11-9-21)27(23,24)18-6-8-20(26-12-10-22)16(4-2)14-18/h5-8,13-14,21-22H,3-4,9-12H2,1-2H3. The van der Waals surface area contributed by atoms with Gasteiger partial charge >= 0.3 is 0 Å². The molecule has 0 aliphatic heterocycles. The number of rotatable bonds is 10. The SMILES string of the molecule is CCc1cc(S(=O)(=O)c2ccc(OCCO)c(CC)c2)ccc1OCCO. The van der Waals surface area contributed by atoms with Crippen LogP contribution in [0.25, 0.3) is 0 Å². The van der Waals surface area contributed by atoms with E-state index in [1.54, 1.807) is 24.3 Å². The number of aliphatic hydroxyl groups is 2. The fraction of sp³-hybridized carbons (Fsp3) is 0.400. The minimum absolute atomic E-state index is 0.103. The molecule has 2 rings (SSSR count). The number of ether oxygens (including phenoxy) is 2. The molecule has 2 aromatic carbocycles. The van der Waals surface area contributed by atoms with Crippen molar-refractivity contribution in [2.24, 2.45) is 0 Å². The summed E-state index contributed by atoms with van der Waals surface area (Å²) in [6, 6.07) is 9.52.